The Morgan fingerprint density at radius 2 is 1.82 bits per heavy atom. The van der Waals surface area contributed by atoms with Gasteiger partial charge in [0.2, 0.25) is 0 Å². The summed E-state index contributed by atoms with van der Waals surface area (Å²) in [6.07, 6.45) is 0. The number of thioether (sulfide) groups is 1. The third-order valence-electron chi connectivity index (χ3n) is 2.53. The normalized spacial score (nSPS) is 12.4. The number of benzene rings is 2. The van der Waals surface area contributed by atoms with Crippen LogP contribution in [-0.2, 0) is 0 Å². The molecule has 1 nitrogen and oxygen atoms in total. The average Bonchev–Trinajstić information content (AvgIpc) is 2.34. The summed E-state index contributed by atoms with van der Waals surface area (Å²) < 4.78 is 0. The van der Waals surface area contributed by atoms with E-state index < -0.39 is 0 Å². The SMILES string of the molecule is CC(Sc1ccc(N)cc1Cl)c1ccccc1. The van der Waals surface area contributed by atoms with E-state index in [1.165, 1.54) is 5.56 Å². The zero-order valence-corrected chi connectivity index (χ0v) is 11.1. The maximum atomic E-state index is 6.16. The van der Waals surface area contributed by atoms with Crippen LogP contribution in [0.5, 0.6) is 0 Å². The standard InChI is InChI=1S/C14H14ClNS/c1-10(11-5-3-2-4-6-11)17-14-8-7-12(16)9-13(14)15/h2-10H,16H2,1H3. The van der Waals surface area contributed by atoms with Crippen molar-refractivity contribution in [3.05, 3.63) is 59.1 Å². The minimum atomic E-state index is 0.373. The van der Waals surface area contributed by atoms with Crippen LogP contribution in [-0.4, -0.2) is 0 Å². The van der Waals surface area contributed by atoms with Crippen molar-refractivity contribution in [2.45, 2.75) is 17.1 Å². The molecule has 0 heterocycles. The van der Waals surface area contributed by atoms with E-state index in [9.17, 15) is 0 Å². The van der Waals surface area contributed by atoms with Crippen LogP contribution in [0.25, 0.3) is 0 Å². The van der Waals surface area contributed by atoms with Gasteiger partial charge in [-0.3, -0.25) is 0 Å². The van der Waals surface area contributed by atoms with Crippen molar-refractivity contribution in [2.75, 3.05) is 5.73 Å². The smallest absolute Gasteiger partial charge is 0.0562 e. The number of hydrogen-bond donors (Lipinski definition) is 1. The van der Waals surface area contributed by atoms with E-state index >= 15 is 0 Å². The second kappa shape index (κ2) is 5.48. The summed E-state index contributed by atoms with van der Waals surface area (Å²) >= 11 is 7.90. The number of rotatable bonds is 3. The summed E-state index contributed by atoms with van der Waals surface area (Å²) in [7, 11) is 0. The summed E-state index contributed by atoms with van der Waals surface area (Å²) in [6.45, 7) is 2.17. The van der Waals surface area contributed by atoms with E-state index in [4.69, 9.17) is 17.3 Å². The molecule has 2 aromatic rings. The molecular weight excluding hydrogens is 250 g/mol. The van der Waals surface area contributed by atoms with Crippen LogP contribution in [0.1, 0.15) is 17.7 Å². The molecule has 0 radical (unpaired) electrons. The Morgan fingerprint density at radius 1 is 1.12 bits per heavy atom. The second-order valence-corrected chi connectivity index (χ2v) is 5.65. The third-order valence-corrected chi connectivity index (χ3v) is 4.19. The van der Waals surface area contributed by atoms with Gasteiger partial charge in [0.15, 0.2) is 0 Å². The summed E-state index contributed by atoms with van der Waals surface area (Å²) in [5.41, 5.74) is 7.67. The van der Waals surface area contributed by atoms with Gasteiger partial charge >= 0.3 is 0 Å². The fourth-order valence-corrected chi connectivity index (χ4v) is 2.91. The van der Waals surface area contributed by atoms with Crippen molar-refractivity contribution in [1.82, 2.24) is 0 Å². The number of halogens is 1. The van der Waals surface area contributed by atoms with Crippen molar-refractivity contribution in [3.63, 3.8) is 0 Å². The van der Waals surface area contributed by atoms with Gasteiger partial charge in [0, 0.05) is 15.8 Å². The highest BCUT2D eigenvalue weighted by molar-refractivity contribution is 7.99. The van der Waals surface area contributed by atoms with Gasteiger partial charge in [0.1, 0.15) is 0 Å². The van der Waals surface area contributed by atoms with E-state index in [2.05, 4.69) is 31.2 Å². The highest BCUT2D eigenvalue weighted by Crippen LogP contribution is 2.38. The summed E-state index contributed by atoms with van der Waals surface area (Å²) in [6, 6.07) is 16.0. The largest absolute Gasteiger partial charge is 0.399 e. The van der Waals surface area contributed by atoms with Crippen LogP contribution in [0.4, 0.5) is 5.69 Å². The second-order valence-electron chi connectivity index (χ2n) is 3.86. The first-order valence-corrected chi connectivity index (χ1v) is 6.69. The minimum Gasteiger partial charge on any atom is -0.399 e. The van der Waals surface area contributed by atoms with E-state index in [1.807, 2.05) is 18.2 Å². The Labute approximate surface area is 111 Å². The minimum absolute atomic E-state index is 0.373. The number of hydrogen-bond acceptors (Lipinski definition) is 2. The number of nitrogen functional groups attached to an aromatic ring is 1. The molecule has 0 spiro atoms. The van der Waals surface area contributed by atoms with Crippen LogP contribution < -0.4 is 5.73 Å². The lowest BCUT2D eigenvalue weighted by Crippen LogP contribution is -1.89. The molecule has 0 saturated carbocycles. The molecule has 2 aromatic carbocycles. The predicted molar refractivity (Wildman–Crippen MR) is 76.6 cm³/mol. The predicted octanol–water partition coefficient (Wildman–Crippen LogP) is 4.78. The summed E-state index contributed by atoms with van der Waals surface area (Å²) in [5.74, 6) is 0. The molecule has 88 valence electrons. The van der Waals surface area contributed by atoms with Gasteiger partial charge in [-0.15, -0.1) is 11.8 Å². The first kappa shape index (κ1) is 12.3. The zero-order valence-electron chi connectivity index (χ0n) is 9.56. The molecule has 17 heavy (non-hydrogen) atoms. The lowest BCUT2D eigenvalue weighted by Gasteiger charge is -2.12. The molecule has 0 aliphatic rings. The van der Waals surface area contributed by atoms with Crippen molar-refractivity contribution in [2.24, 2.45) is 0 Å². The molecule has 0 aliphatic heterocycles. The van der Waals surface area contributed by atoms with Crippen LogP contribution in [0, 0.1) is 0 Å². The molecule has 1 unspecified atom stereocenters. The highest BCUT2D eigenvalue weighted by atomic mass is 35.5. The van der Waals surface area contributed by atoms with E-state index in [-0.39, 0.29) is 0 Å². The van der Waals surface area contributed by atoms with Crippen molar-refractivity contribution in [3.8, 4) is 0 Å². The van der Waals surface area contributed by atoms with Gasteiger partial charge in [0.25, 0.3) is 0 Å². The lowest BCUT2D eigenvalue weighted by atomic mass is 10.2. The maximum Gasteiger partial charge on any atom is 0.0562 e. The Hall–Kier alpha value is -1.12. The van der Waals surface area contributed by atoms with Gasteiger partial charge in [-0.1, -0.05) is 41.9 Å². The van der Waals surface area contributed by atoms with Crippen molar-refractivity contribution < 1.29 is 0 Å². The van der Waals surface area contributed by atoms with Crippen LogP contribution in [0.15, 0.2) is 53.4 Å². The molecule has 0 saturated heterocycles. The average molecular weight is 264 g/mol. The van der Waals surface area contributed by atoms with Gasteiger partial charge < -0.3 is 5.73 Å². The Morgan fingerprint density at radius 3 is 2.47 bits per heavy atom. The molecule has 3 heteroatoms. The molecule has 0 bridgehead atoms. The Balaban J connectivity index is 2.16. The molecule has 0 fully saturated rings. The van der Waals surface area contributed by atoms with Crippen molar-refractivity contribution >= 4 is 29.1 Å². The molecule has 0 aromatic heterocycles. The van der Waals surface area contributed by atoms with E-state index in [1.54, 1.807) is 17.8 Å². The Bertz CT molecular complexity index is 499. The Kier molecular flexibility index (Phi) is 3.97. The van der Waals surface area contributed by atoms with Gasteiger partial charge in [0.05, 0.1) is 5.02 Å². The molecule has 1 atom stereocenters. The number of nitrogens with two attached hydrogens (primary N) is 1. The molecule has 0 amide bonds. The van der Waals surface area contributed by atoms with Crippen LogP contribution in [0.3, 0.4) is 0 Å². The number of anilines is 1. The van der Waals surface area contributed by atoms with E-state index in [0.717, 1.165) is 9.92 Å². The summed E-state index contributed by atoms with van der Waals surface area (Å²) in [4.78, 5) is 1.07. The van der Waals surface area contributed by atoms with Gasteiger partial charge in [-0.05, 0) is 30.7 Å². The summed E-state index contributed by atoms with van der Waals surface area (Å²) in [5, 5.41) is 1.09. The van der Waals surface area contributed by atoms with Crippen LogP contribution >= 0.6 is 23.4 Å². The molecule has 2 N–H and O–H groups in total. The highest BCUT2D eigenvalue weighted by Gasteiger charge is 2.09. The molecule has 2 rings (SSSR count). The first-order chi connectivity index (χ1) is 8.16. The fraction of sp³-hybridized carbons (Fsp3) is 0.143. The lowest BCUT2D eigenvalue weighted by molar-refractivity contribution is 1.10. The van der Waals surface area contributed by atoms with Gasteiger partial charge in [-0.2, -0.15) is 0 Å². The zero-order chi connectivity index (χ0) is 12.3. The van der Waals surface area contributed by atoms with E-state index in [0.29, 0.717) is 10.9 Å². The first-order valence-electron chi connectivity index (χ1n) is 5.43. The monoisotopic (exact) mass is 263 g/mol. The van der Waals surface area contributed by atoms with Crippen molar-refractivity contribution in [1.29, 1.82) is 0 Å². The molecule has 0 aliphatic carbocycles. The third kappa shape index (κ3) is 3.18. The quantitative estimate of drug-likeness (QED) is 0.637. The van der Waals surface area contributed by atoms with Crippen LogP contribution in [0.2, 0.25) is 5.02 Å². The molecular formula is C14H14ClNS. The topological polar surface area (TPSA) is 26.0 Å². The fourth-order valence-electron chi connectivity index (χ4n) is 1.60. The maximum absolute atomic E-state index is 6.16. The van der Waals surface area contributed by atoms with Gasteiger partial charge in [-0.25, -0.2) is 0 Å².